The number of anilines is 2. The maximum absolute atomic E-state index is 12.3. The van der Waals surface area contributed by atoms with Crippen LogP contribution in [0, 0.1) is 0 Å². The Labute approximate surface area is 150 Å². The van der Waals surface area contributed by atoms with Crippen molar-refractivity contribution in [2.75, 3.05) is 10.6 Å². The molecule has 2 amide bonds. The van der Waals surface area contributed by atoms with Crippen LogP contribution in [0.3, 0.4) is 0 Å². The van der Waals surface area contributed by atoms with Crippen LogP contribution in [0.15, 0.2) is 78.9 Å². The molecule has 0 spiro atoms. The summed E-state index contributed by atoms with van der Waals surface area (Å²) in [6, 6.07) is 22.6. The van der Waals surface area contributed by atoms with Crippen molar-refractivity contribution in [1.29, 1.82) is 0 Å². The molecule has 4 nitrogen and oxygen atoms in total. The van der Waals surface area contributed by atoms with Crippen LogP contribution in [0.25, 0.3) is 0 Å². The summed E-state index contributed by atoms with van der Waals surface area (Å²) in [6.07, 6.45) is 0. The Balaban J connectivity index is 1.67. The van der Waals surface area contributed by atoms with Gasteiger partial charge in [0.1, 0.15) is 0 Å². The number of nitrogens with one attached hydrogen (secondary N) is 2. The molecule has 3 rings (SSSR count). The molecule has 3 aromatic carbocycles. The van der Waals surface area contributed by atoms with Crippen LogP contribution in [0.2, 0.25) is 5.02 Å². The van der Waals surface area contributed by atoms with Gasteiger partial charge in [-0.1, -0.05) is 41.9 Å². The molecule has 0 aliphatic heterocycles. The Bertz CT molecular complexity index is 893. The molecule has 25 heavy (non-hydrogen) atoms. The van der Waals surface area contributed by atoms with Gasteiger partial charge >= 0.3 is 0 Å². The number of halogens is 1. The first-order valence-electron chi connectivity index (χ1n) is 7.66. The van der Waals surface area contributed by atoms with E-state index in [1.165, 1.54) is 0 Å². The summed E-state index contributed by atoms with van der Waals surface area (Å²) >= 11 is 6.03. The number of para-hydroxylation sites is 1. The van der Waals surface area contributed by atoms with Crippen LogP contribution in [-0.2, 0) is 0 Å². The van der Waals surface area contributed by atoms with E-state index in [2.05, 4.69) is 10.6 Å². The predicted octanol–water partition coefficient (Wildman–Crippen LogP) is 4.84. The van der Waals surface area contributed by atoms with Gasteiger partial charge in [0.05, 0.1) is 10.7 Å². The van der Waals surface area contributed by atoms with Gasteiger partial charge in [-0.25, -0.2) is 0 Å². The Kier molecular flexibility index (Phi) is 5.11. The Morgan fingerprint density at radius 2 is 1.20 bits per heavy atom. The third-order valence-corrected chi connectivity index (χ3v) is 3.89. The predicted molar refractivity (Wildman–Crippen MR) is 100 cm³/mol. The van der Waals surface area contributed by atoms with E-state index in [-0.39, 0.29) is 11.8 Å². The molecule has 5 heteroatoms. The molecule has 0 aromatic heterocycles. The molecule has 0 aliphatic carbocycles. The number of carbonyl (C=O) groups excluding carboxylic acids is 2. The summed E-state index contributed by atoms with van der Waals surface area (Å²) in [5.41, 5.74) is 2.21. The Morgan fingerprint density at radius 3 is 1.88 bits per heavy atom. The van der Waals surface area contributed by atoms with E-state index in [0.29, 0.717) is 27.5 Å². The summed E-state index contributed by atoms with van der Waals surface area (Å²) in [5, 5.41) is 6.02. The van der Waals surface area contributed by atoms with Gasteiger partial charge in [-0.2, -0.15) is 0 Å². The van der Waals surface area contributed by atoms with Crippen molar-refractivity contribution < 1.29 is 9.59 Å². The SMILES string of the molecule is O=C(Nc1ccc(C(=O)Nc2ccccc2Cl)cc1)c1ccccc1. The average Bonchev–Trinajstić information content (AvgIpc) is 2.65. The van der Waals surface area contributed by atoms with Crippen molar-refractivity contribution in [1.82, 2.24) is 0 Å². The fourth-order valence-corrected chi connectivity index (χ4v) is 2.44. The molecule has 124 valence electrons. The molecular formula is C20H15ClN2O2. The zero-order valence-electron chi connectivity index (χ0n) is 13.2. The standard InChI is InChI=1S/C20H15ClN2O2/c21-17-8-4-5-9-18(17)23-20(25)15-10-12-16(13-11-15)22-19(24)14-6-2-1-3-7-14/h1-13H,(H,22,24)(H,23,25). The van der Waals surface area contributed by atoms with Gasteiger partial charge in [-0.15, -0.1) is 0 Å². The lowest BCUT2D eigenvalue weighted by Gasteiger charge is -2.08. The van der Waals surface area contributed by atoms with Crippen molar-refractivity contribution in [2.24, 2.45) is 0 Å². The molecule has 0 saturated carbocycles. The highest BCUT2D eigenvalue weighted by molar-refractivity contribution is 6.33. The van der Waals surface area contributed by atoms with Gasteiger partial charge in [0, 0.05) is 16.8 Å². The topological polar surface area (TPSA) is 58.2 Å². The Hall–Kier alpha value is -3.11. The van der Waals surface area contributed by atoms with Crippen LogP contribution >= 0.6 is 11.6 Å². The molecule has 0 radical (unpaired) electrons. The summed E-state index contributed by atoms with van der Waals surface area (Å²) in [5.74, 6) is -0.470. The summed E-state index contributed by atoms with van der Waals surface area (Å²) in [7, 11) is 0. The lowest BCUT2D eigenvalue weighted by molar-refractivity contribution is 0.102. The van der Waals surface area contributed by atoms with Crippen LogP contribution < -0.4 is 10.6 Å². The van der Waals surface area contributed by atoms with Crippen LogP contribution in [0.4, 0.5) is 11.4 Å². The summed E-state index contributed by atoms with van der Waals surface area (Å²) < 4.78 is 0. The number of amides is 2. The Morgan fingerprint density at radius 1 is 0.640 bits per heavy atom. The van der Waals surface area contributed by atoms with E-state index in [4.69, 9.17) is 11.6 Å². The first kappa shape index (κ1) is 16.7. The van der Waals surface area contributed by atoms with Gasteiger partial charge in [-0.3, -0.25) is 9.59 Å². The maximum Gasteiger partial charge on any atom is 0.255 e. The smallest absolute Gasteiger partial charge is 0.255 e. The molecule has 0 bridgehead atoms. The van der Waals surface area contributed by atoms with Crippen molar-refractivity contribution in [3.8, 4) is 0 Å². The fraction of sp³-hybridized carbons (Fsp3) is 0. The number of carbonyl (C=O) groups is 2. The molecule has 0 saturated heterocycles. The minimum absolute atomic E-state index is 0.200. The second kappa shape index (κ2) is 7.64. The second-order valence-corrected chi connectivity index (χ2v) is 5.74. The molecule has 0 atom stereocenters. The lowest BCUT2D eigenvalue weighted by Crippen LogP contribution is -2.13. The zero-order chi connectivity index (χ0) is 17.6. The zero-order valence-corrected chi connectivity index (χ0v) is 14.0. The molecule has 2 N–H and O–H groups in total. The lowest BCUT2D eigenvalue weighted by atomic mass is 10.1. The number of hydrogen-bond donors (Lipinski definition) is 2. The molecule has 0 heterocycles. The minimum atomic E-state index is -0.269. The molecule has 0 fully saturated rings. The van der Waals surface area contributed by atoms with Crippen LogP contribution in [0.1, 0.15) is 20.7 Å². The normalized spacial score (nSPS) is 10.1. The van der Waals surface area contributed by atoms with Gasteiger partial charge in [-0.05, 0) is 48.5 Å². The second-order valence-electron chi connectivity index (χ2n) is 5.33. The van der Waals surface area contributed by atoms with E-state index in [9.17, 15) is 9.59 Å². The monoisotopic (exact) mass is 350 g/mol. The highest BCUT2D eigenvalue weighted by atomic mass is 35.5. The van der Waals surface area contributed by atoms with Crippen molar-refractivity contribution in [3.63, 3.8) is 0 Å². The summed E-state index contributed by atoms with van der Waals surface area (Å²) in [4.78, 5) is 24.4. The van der Waals surface area contributed by atoms with E-state index in [1.807, 2.05) is 6.07 Å². The van der Waals surface area contributed by atoms with E-state index < -0.39 is 0 Å². The van der Waals surface area contributed by atoms with Crippen molar-refractivity contribution >= 4 is 34.8 Å². The molecule has 0 aliphatic rings. The number of rotatable bonds is 4. The number of hydrogen-bond acceptors (Lipinski definition) is 2. The van der Waals surface area contributed by atoms with Gasteiger partial charge in [0.2, 0.25) is 0 Å². The third kappa shape index (κ3) is 4.25. The van der Waals surface area contributed by atoms with Gasteiger partial charge < -0.3 is 10.6 Å². The van der Waals surface area contributed by atoms with E-state index in [1.54, 1.807) is 72.8 Å². The van der Waals surface area contributed by atoms with E-state index in [0.717, 1.165) is 0 Å². The van der Waals surface area contributed by atoms with E-state index >= 15 is 0 Å². The van der Waals surface area contributed by atoms with Crippen LogP contribution in [-0.4, -0.2) is 11.8 Å². The average molecular weight is 351 g/mol. The summed E-state index contributed by atoms with van der Waals surface area (Å²) in [6.45, 7) is 0. The quantitative estimate of drug-likeness (QED) is 0.707. The molecule has 3 aromatic rings. The van der Waals surface area contributed by atoms with Crippen molar-refractivity contribution in [3.05, 3.63) is 95.0 Å². The molecule has 0 unspecified atom stereocenters. The molecular weight excluding hydrogens is 336 g/mol. The fourth-order valence-electron chi connectivity index (χ4n) is 2.25. The third-order valence-electron chi connectivity index (χ3n) is 3.56. The first-order valence-corrected chi connectivity index (χ1v) is 8.03. The first-order chi connectivity index (χ1) is 12.1. The highest BCUT2D eigenvalue weighted by Gasteiger charge is 2.09. The number of benzene rings is 3. The highest BCUT2D eigenvalue weighted by Crippen LogP contribution is 2.21. The largest absolute Gasteiger partial charge is 0.322 e. The van der Waals surface area contributed by atoms with Gasteiger partial charge in [0.15, 0.2) is 0 Å². The minimum Gasteiger partial charge on any atom is -0.322 e. The maximum atomic E-state index is 12.3. The van der Waals surface area contributed by atoms with Gasteiger partial charge in [0.25, 0.3) is 11.8 Å². The van der Waals surface area contributed by atoms with Crippen LogP contribution in [0.5, 0.6) is 0 Å². The van der Waals surface area contributed by atoms with Crippen molar-refractivity contribution in [2.45, 2.75) is 0 Å².